The summed E-state index contributed by atoms with van der Waals surface area (Å²) in [7, 11) is 1.76. The van der Waals surface area contributed by atoms with Crippen LogP contribution in [0.3, 0.4) is 0 Å². The first kappa shape index (κ1) is 17.9. The van der Waals surface area contributed by atoms with E-state index in [9.17, 15) is 4.79 Å². The lowest BCUT2D eigenvalue weighted by Crippen LogP contribution is -2.47. The highest BCUT2D eigenvalue weighted by Crippen LogP contribution is 2.44. The SMILES string of the molecule is Cn1cc(C(=O)N=C(N)C2(c3ccc(-c4ccc(N)nc4)cc3)CCC2)cn1. The number of benzene rings is 1. The minimum atomic E-state index is -0.379. The monoisotopic (exact) mass is 374 g/mol. The number of pyridine rings is 1. The van der Waals surface area contributed by atoms with Crippen LogP contribution in [-0.4, -0.2) is 26.5 Å². The number of hydrogen-bond donors (Lipinski definition) is 2. The molecule has 1 saturated carbocycles. The van der Waals surface area contributed by atoms with Gasteiger partial charge in [-0.1, -0.05) is 30.7 Å². The van der Waals surface area contributed by atoms with Gasteiger partial charge in [0.2, 0.25) is 0 Å². The number of aryl methyl sites for hydroxylation is 1. The smallest absolute Gasteiger partial charge is 0.281 e. The quantitative estimate of drug-likeness (QED) is 0.538. The second-order valence-electron chi connectivity index (χ2n) is 7.19. The Labute approximate surface area is 163 Å². The van der Waals surface area contributed by atoms with E-state index in [-0.39, 0.29) is 11.3 Å². The number of amides is 1. The van der Waals surface area contributed by atoms with Crippen molar-refractivity contribution in [3.63, 3.8) is 0 Å². The van der Waals surface area contributed by atoms with E-state index in [4.69, 9.17) is 11.5 Å². The van der Waals surface area contributed by atoms with Crippen molar-refractivity contribution < 1.29 is 4.79 Å². The summed E-state index contributed by atoms with van der Waals surface area (Å²) in [6.45, 7) is 0. The Hall–Kier alpha value is -3.48. The second kappa shape index (κ2) is 6.92. The van der Waals surface area contributed by atoms with Crippen molar-refractivity contribution in [3.05, 3.63) is 66.1 Å². The average Bonchev–Trinajstić information content (AvgIpc) is 3.09. The highest BCUT2D eigenvalue weighted by molar-refractivity contribution is 6.06. The van der Waals surface area contributed by atoms with Gasteiger partial charge in [0, 0.05) is 25.0 Å². The fraction of sp³-hybridized carbons (Fsp3) is 0.238. The molecular weight excluding hydrogens is 352 g/mol. The van der Waals surface area contributed by atoms with Gasteiger partial charge < -0.3 is 11.5 Å². The minimum absolute atomic E-state index is 0.360. The summed E-state index contributed by atoms with van der Waals surface area (Å²) >= 11 is 0. The summed E-state index contributed by atoms with van der Waals surface area (Å²) in [6, 6.07) is 11.9. The van der Waals surface area contributed by atoms with E-state index in [1.165, 1.54) is 6.20 Å². The van der Waals surface area contributed by atoms with Crippen molar-refractivity contribution in [1.82, 2.24) is 14.8 Å². The van der Waals surface area contributed by atoms with E-state index in [2.05, 4.69) is 27.2 Å². The first-order valence-electron chi connectivity index (χ1n) is 9.18. The fourth-order valence-electron chi connectivity index (χ4n) is 3.59. The molecule has 4 rings (SSSR count). The van der Waals surface area contributed by atoms with Crippen LogP contribution < -0.4 is 11.5 Å². The van der Waals surface area contributed by atoms with Gasteiger partial charge in [-0.25, -0.2) is 4.98 Å². The molecule has 0 aliphatic heterocycles. The molecule has 28 heavy (non-hydrogen) atoms. The Morgan fingerprint density at radius 2 is 1.82 bits per heavy atom. The molecule has 3 aromatic rings. The third-order valence-corrected chi connectivity index (χ3v) is 5.43. The van der Waals surface area contributed by atoms with Gasteiger partial charge in [0.1, 0.15) is 11.7 Å². The van der Waals surface area contributed by atoms with Crippen molar-refractivity contribution in [1.29, 1.82) is 0 Å². The number of nitrogen functional groups attached to an aromatic ring is 1. The lowest BCUT2D eigenvalue weighted by atomic mass is 9.63. The molecule has 1 aliphatic rings. The third-order valence-electron chi connectivity index (χ3n) is 5.43. The van der Waals surface area contributed by atoms with Gasteiger partial charge in [0.05, 0.1) is 17.2 Å². The molecule has 7 nitrogen and oxygen atoms in total. The molecule has 1 fully saturated rings. The van der Waals surface area contributed by atoms with Crippen LogP contribution >= 0.6 is 0 Å². The molecule has 1 amide bonds. The van der Waals surface area contributed by atoms with Gasteiger partial charge in [-0.05, 0) is 36.1 Å². The molecule has 0 atom stereocenters. The van der Waals surface area contributed by atoms with Gasteiger partial charge in [-0.15, -0.1) is 0 Å². The number of anilines is 1. The van der Waals surface area contributed by atoms with Crippen molar-refractivity contribution >= 4 is 17.6 Å². The predicted octanol–water partition coefficient (Wildman–Crippen LogP) is 2.68. The highest BCUT2D eigenvalue weighted by Gasteiger charge is 2.42. The average molecular weight is 374 g/mol. The van der Waals surface area contributed by atoms with Gasteiger partial charge in [0.25, 0.3) is 5.91 Å². The first-order chi connectivity index (χ1) is 13.5. The van der Waals surface area contributed by atoms with Crippen molar-refractivity contribution in [2.24, 2.45) is 17.8 Å². The van der Waals surface area contributed by atoms with Gasteiger partial charge >= 0.3 is 0 Å². The number of carbonyl (C=O) groups is 1. The highest BCUT2D eigenvalue weighted by atomic mass is 16.1. The third kappa shape index (κ3) is 3.15. The van der Waals surface area contributed by atoms with E-state index in [1.54, 1.807) is 30.2 Å². The zero-order valence-corrected chi connectivity index (χ0v) is 15.7. The Bertz CT molecular complexity index is 1030. The number of hydrogen-bond acceptors (Lipinski definition) is 4. The maximum atomic E-state index is 12.4. The summed E-state index contributed by atoms with van der Waals surface area (Å²) in [5, 5.41) is 4.02. The van der Waals surface area contributed by atoms with Gasteiger partial charge in [0.15, 0.2) is 0 Å². The Balaban J connectivity index is 1.61. The number of nitrogens with two attached hydrogens (primary N) is 2. The molecule has 1 aliphatic carbocycles. The molecule has 0 unspecified atom stereocenters. The van der Waals surface area contributed by atoms with E-state index in [1.807, 2.05) is 18.2 Å². The topological polar surface area (TPSA) is 112 Å². The molecule has 7 heteroatoms. The molecule has 2 aromatic heterocycles. The Morgan fingerprint density at radius 1 is 1.11 bits per heavy atom. The number of amidine groups is 1. The van der Waals surface area contributed by atoms with Crippen LogP contribution in [0.1, 0.15) is 35.2 Å². The van der Waals surface area contributed by atoms with E-state index in [0.717, 1.165) is 36.0 Å². The minimum Gasteiger partial charge on any atom is -0.386 e. The fourth-order valence-corrected chi connectivity index (χ4v) is 3.59. The first-order valence-corrected chi connectivity index (χ1v) is 9.18. The zero-order chi connectivity index (χ0) is 19.7. The predicted molar refractivity (Wildman–Crippen MR) is 109 cm³/mol. The number of aromatic nitrogens is 3. The Morgan fingerprint density at radius 3 is 2.36 bits per heavy atom. The zero-order valence-electron chi connectivity index (χ0n) is 15.7. The van der Waals surface area contributed by atoms with Crippen LogP contribution in [0.15, 0.2) is 60.0 Å². The van der Waals surface area contributed by atoms with Crippen molar-refractivity contribution in [2.45, 2.75) is 24.7 Å². The van der Waals surface area contributed by atoms with Crippen molar-refractivity contribution in [2.75, 3.05) is 5.73 Å². The van der Waals surface area contributed by atoms with E-state index in [0.29, 0.717) is 17.2 Å². The van der Waals surface area contributed by atoms with Crippen LogP contribution in [0.2, 0.25) is 0 Å². The second-order valence-corrected chi connectivity index (χ2v) is 7.19. The van der Waals surface area contributed by atoms with Gasteiger partial charge in [-0.3, -0.25) is 9.48 Å². The van der Waals surface area contributed by atoms with Crippen LogP contribution in [0, 0.1) is 0 Å². The van der Waals surface area contributed by atoms with Gasteiger partial charge in [-0.2, -0.15) is 10.1 Å². The lowest BCUT2D eigenvalue weighted by Gasteiger charge is -2.41. The number of aliphatic imine (C=N–C) groups is 1. The molecule has 0 bridgehead atoms. The summed E-state index contributed by atoms with van der Waals surface area (Å²) in [4.78, 5) is 20.8. The molecule has 2 heterocycles. The lowest BCUT2D eigenvalue weighted by molar-refractivity contribution is 0.100. The van der Waals surface area contributed by atoms with E-state index >= 15 is 0 Å². The molecule has 1 aromatic carbocycles. The molecule has 142 valence electrons. The maximum Gasteiger partial charge on any atom is 0.281 e. The van der Waals surface area contributed by atoms with Crippen molar-refractivity contribution in [3.8, 4) is 11.1 Å². The van der Waals surface area contributed by atoms with Crippen LogP contribution in [0.25, 0.3) is 11.1 Å². The summed E-state index contributed by atoms with van der Waals surface area (Å²) < 4.78 is 1.57. The number of carbonyl (C=O) groups excluding carboxylic acids is 1. The molecule has 0 saturated heterocycles. The summed E-state index contributed by atoms with van der Waals surface area (Å²) in [5.74, 6) is 0.506. The normalized spacial score (nSPS) is 15.8. The largest absolute Gasteiger partial charge is 0.386 e. The maximum absolute atomic E-state index is 12.4. The molecular formula is C21H22N6O. The van der Waals surface area contributed by atoms with Crippen LogP contribution in [0.4, 0.5) is 5.82 Å². The summed E-state index contributed by atoms with van der Waals surface area (Å²) in [5.41, 5.74) is 15.2. The van der Waals surface area contributed by atoms with Crippen LogP contribution in [-0.2, 0) is 12.5 Å². The van der Waals surface area contributed by atoms with Crippen LogP contribution in [0.5, 0.6) is 0 Å². The van der Waals surface area contributed by atoms with E-state index < -0.39 is 0 Å². The summed E-state index contributed by atoms with van der Waals surface area (Å²) in [6.07, 6.45) is 7.72. The standard InChI is InChI=1S/C21H22N6O/c1-27-13-16(12-25-27)19(28)26-20(23)21(9-2-10-21)17-6-3-14(4-7-17)15-5-8-18(22)24-11-15/h3-8,11-13H,2,9-10H2,1H3,(H2,22,24)(H2,23,26,28). The Kier molecular flexibility index (Phi) is 4.43. The number of nitrogens with zero attached hydrogens (tertiary/aromatic N) is 4. The number of rotatable bonds is 4. The molecule has 0 spiro atoms. The molecule has 4 N–H and O–H groups in total. The molecule has 0 radical (unpaired) electrons.